The van der Waals surface area contributed by atoms with Crippen LogP contribution in [0.15, 0.2) is 116 Å². The third-order valence-corrected chi connectivity index (χ3v) is 3.92. The monoisotopic (exact) mass is 380 g/mol. The van der Waals surface area contributed by atoms with Gasteiger partial charge in [0.05, 0.1) is 45.6 Å². The molecular weight excluding hydrogens is 366 g/mol. The molecule has 5 rings (SSSR count). The molecule has 0 fully saturated rings. The molecule has 0 radical (unpaired) electrons. The van der Waals surface area contributed by atoms with Gasteiger partial charge in [0.1, 0.15) is 0 Å². The molecule has 5 heterocycles. The van der Waals surface area contributed by atoms with Crippen molar-refractivity contribution >= 4 is 42.6 Å². The Balaban J connectivity index is 0.00000157. The third-order valence-electron chi connectivity index (χ3n) is 3.92. The normalized spacial score (nSPS) is 21.8. The molecule has 118 valence electrons. The van der Waals surface area contributed by atoms with Crippen LogP contribution in [0, 0.1) is 0 Å². The molecule has 0 aromatic carbocycles. The fraction of sp³-hybridized carbons (Fsp3) is 0. The van der Waals surface area contributed by atoms with Crippen molar-refractivity contribution in [2.75, 3.05) is 0 Å². The van der Waals surface area contributed by atoms with Crippen molar-refractivity contribution in [2.24, 2.45) is 20.0 Å². The second-order valence-corrected chi connectivity index (χ2v) is 5.76. The zero-order valence-corrected chi connectivity index (χ0v) is 12.7. The second-order valence-electron chi connectivity index (χ2n) is 5.76. The van der Waals surface area contributed by atoms with E-state index in [1.54, 1.807) is 0 Å². The first-order chi connectivity index (χ1) is 11.8. The Morgan fingerprint density at radius 1 is 0.360 bits per heavy atom. The van der Waals surface area contributed by atoms with Crippen LogP contribution in [0.2, 0.25) is 0 Å². The summed E-state index contributed by atoms with van der Waals surface area (Å²) in [6.45, 7) is 0. The van der Waals surface area contributed by atoms with E-state index >= 15 is 0 Å². The van der Waals surface area contributed by atoms with Gasteiger partial charge >= 0.3 is 19.8 Å². The molecule has 0 atom stereocenters. The van der Waals surface area contributed by atoms with Crippen LogP contribution in [0.5, 0.6) is 0 Å². The van der Waals surface area contributed by atoms with Crippen molar-refractivity contribution < 1.29 is 0 Å². The molecule has 0 N–H and O–H groups in total. The van der Waals surface area contributed by atoms with Crippen molar-refractivity contribution in [3.63, 3.8) is 0 Å². The van der Waals surface area contributed by atoms with Gasteiger partial charge in [-0.15, -0.1) is 0 Å². The Kier molecular flexibility index (Phi) is 3.95. The first kappa shape index (κ1) is 15.7. The number of nitrogens with zero attached hydrogens (tertiary/aromatic N) is 4. The Labute approximate surface area is 158 Å². The van der Waals surface area contributed by atoms with E-state index in [1.165, 1.54) is 0 Å². The van der Waals surface area contributed by atoms with Crippen LogP contribution < -0.4 is 0 Å². The quantitative estimate of drug-likeness (QED) is 0.579. The molecule has 0 amide bonds. The number of hydrogen-bond acceptors (Lipinski definition) is 4. The van der Waals surface area contributed by atoms with Crippen LogP contribution in [-0.2, 0) is 0 Å². The SMILES string of the molecule is C1=CC2=NC1=CC1=NC(=CC3=NC(=CC4=NC(=C2)C=C4)C=C3)C=C1.[GaH3]. The summed E-state index contributed by atoms with van der Waals surface area (Å²) in [5, 5.41) is 0. The van der Waals surface area contributed by atoms with Crippen LogP contribution in [-0.4, -0.2) is 42.6 Å². The minimum absolute atomic E-state index is 0. The van der Waals surface area contributed by atoms with Gasteiger partial charge in [-0.25, -0.2) is 20.0 Å². The first-order valence-electron chi connectivity index (χ1n) is 7.74. The maximum absolute atomic E-state index is 4.59. The van der Waals surface area contributed by atoms with Crippen LogP contribution >= 0.6 is 0 Å². The predicted octanol–water partition coefficient (Wildman–Crippen LogP) is 2.39. The van der Waals surface area contributed by atoms with E-state index < -0.39 is 0 Å². The molecule has 0 aromatic rings. The Bertz CT molecular complexity index is 848. The molecule has 4 nitrogen and oxygen atoms in total. The number of rotatable bonds is 0. The first-order valence-corrected chi connectivity index (χ1v) is 7.74. The van der Waals surface area contributed by atoms with Crippen LogP contribution in [0.1, 0.15) is 0 Å². The van der Waals surface area contributed by atoms with E-state index in [9.17, 15) is 0 Å². The topological polar surface area (TPSA) is 49.4 Å². The molecule has 5 aliphatic rings. The number of allylic oxidation sites excluding steroid dienone is 12. The van der Waals surface area contributed by atoms with E-state index in [1.807, 2.05) is 72.9 Å². The number of aliphatic imine (C=N–C) groups is 4. The zero-order chi connectivity index (χ0) is 15.9. The van der Waals surface area contributed by atoms with Gasteiger partial charge in [-0.05, 0) is 72.9 Å². The fourth-order valence-corrected chi connectivity index (χ4v) is 2.83. The Morgan fingerprint density at radius 3 is 0.840 bits per heavy atom. The molecule has 5 heteroatoms. The zero-order valence-electron chi connectivity index (χ0n) is 12.7. The predicted molar refractivity (Wildman–Crippen MR) is 109 cm³/mol. The van der Waals surface area contributed by atoms with Gasteiger partial charge in [-0.2, -0.15) is 0 Å². The van der Waals surface area contributed by atoms with E-state index in [0.29, 0.717) is 0 Å². The summed E-state index contributed by atoms with van der Waals surface area (Å²) in [4.78, 5) is 18.4. The third kappa shape index (κ3) is 3.24. The molecule has 0 aromatic heterocycles. The molecular formula is C20H15GaN4. The summed E-state index contributed by atoms with van der Waals surface area (Å²) in [6, 6.07) is 0. The van der Waals surface area contributed by atoms with E-state index in [-0.39, 0.29) is 19.8 Å². The molecule has 0 saturated heterocycles. The number of fused-ring (bicyclic) bond motifs is 4. The van der Waals surface area contributed by atoms with Crippen molar-refractivity contribution in [2.45, 2.75) is 0 Å². The summed E-state index contributed by atoms with van der Waals surface area (Å²) in [5.41, 5.74) is 7.15. The minimum atomic E-state index is 0. The summed E-state index contributed by atoms with van der Waals surface area (Å²) in [6.07, 6.45) is 23.8. The maximum atomic E-state index is 4.59. The van der Waals surface area contributed by atoms with Gasteiger partial charge in [0.15, 0.2) is 0 Å². The van der Waals surface area contributed by atoms with Gasteiger partial charge < -0.3 is 0 Å². The Hall–Kier alpha value is -2.76. The summed E-state index contributed by atoms with van der Waals surface area (Å²) in [7, 11) is 0. The van der Waals surface area contributed by atoms with Crippen LogP contribution in [0.4, 0.5) is 0 Å². The standard InChI is InChI=1S/C20H12N4.Ga.3H/c1-2-14-10-16-5-6-18(23-16)12-20-8-7-19(24-20)11-17-4-3-15(22-17)9-13(1)21-14;;;;/h1-12H;;;;. The summed E-state index contributed by atoms with van der Waals surface area (Å²) >= 11 is 0. The van der Waals surface area contributed by atoms with Gasteiger partial charge in [-0.1, -0.05) is 0 Å². The van der Waals surface area contributed by atoms with Gasteiger partial charge in [0.25, 0.3) is 0 Å². The van der Waals surface area contributed by atoms with Crippen LogP contribution in [0.3, 0.4) is 0 Å². The molecule has 0 saturated carbocycles. The van der Waals surface area contributed by atoms with Crippen LogP contribution in [0.25, 0.3) is 0 Å². The van der Waals surface area contributed by atoms with Crippen molar-refractivity contribution in [3.05, 3.63) is 95.7 Å². The molecule has 5 aliphatic heterocycles. The van der Waals surface area contributed by atoms with E-state index in [4.69, 9.17) is 0 Å². The molecule has 8 bridgehead atoms. The molecule has 0 aliphatic carbocycles. The molecule has 0 unspecified atom stereocenters. The molecule has 0 spiro atoms. The average Bonchev–Trinajstić information content (AvgIpc) is 3.32. The second kappa shape index (κ2) is 6.27. The van der Waals surface area contributed by atoms with E-state index in [0.717, 1.165) is 45.6 Å². The van der Waals surface area contributed by atoms with Gasteiger partial charge in [-0.3, -0.25) is 0 Å². The van der Waals surface area contributed by atoms with Crippen molar-refractivity contribution in [1.29, 1.82) is 0 Å². The fourth-order valence-electron chi connectivity index (χ4n) is 2.83. The number of hydrogen-bond donors (Lipinski definition) is 0. The average molecular weight is 381 g/mol. The Morgan fingerprint density at radius 2 is 0.600 bits per heavy atom. The summed E-state index contributed by atoms with van der Waals surface area (Å²) in [5.74, 6) is 0. The van der Waals surface area contributed by atoms with Gasteiger partial charge in [0.2, 0.25) is 0 Å². The molecule has 25 heavy (non-hydrogen) atoms. The summed E-state index contributed by atoms with van der Waals surface area (Å²) < 4.78 is 0. The van der Waals surface area contributed by atoms with Crippen molar-refractivity contribution in [3.8, 4) is 0 Å². The van der Waals surface area contributed by atoms with Crippen molar-refractivity contribution in [1.82, 2.24) is 0 Å². The van der Waals surface area contributed by atoms with Gasteiger partial charge in [0, 0.05) is 0 Å². The van der Waals surface area contributed by atoms with E-state index in [2.05, 4.69) is 20.0 Å².